The van der Waals surface area contributed by atoms with Crippen molar-refractivity contribution in [1.29, 1.82) is 0 Å². The van der Waals surface area contributed by atoms with E-state index in [9.17, 15) is 14.0 Å². The number of carbonyl (C=O) groups excluding carboxylic acids is 1. The number of aryl methyl sites for hydroxylation is 1. The second-order valence-corrected chi connectivity index (χ2v) is 5.30. The molecule has 0 saturated heterocycles. The molecule has 0 aliphatic rings. The molecule has 0 bridgehead atoms. The number of thiophene rings is 1. The average Bonchev–Trinajstić information content (AvgIpc) is 2.74. The van der Waals surface area contributed by atoms with Crippen LogP contribution in [0.5, 0.6) is 0 Å². The molecule has 20 heavy (non-hydrogen) atoms. The van der Waals surface area contributed by atoms with Crippen LogP contribution in [-0.4, -0.2) is 17.0 Å². The van der Waals surface area contributed by atoms with Crippen LogP contribution in [0.3, 0.4) is 0 Å². The summed E-state index contributed by atoms with van der Waals surface area (Å²) >= 11 is 6.55. The standard InChI is InChI=1S/C13H9ClFNO3S/c1-6-5-20-11(13(18)19)10(6)16-12(17)7-2-3-8(14)9(15)4-7/h2-5H,1H3,(H,16,17)(H,18,19). The number of carboxylic acids is 1. The van der Waals surface area contributed by atoms with Gasteiger partial charge in [0.15, 0.2) is 0 Å². The topological polar surface area (TPSA) is 66.4 Å². The number of amides is 1. The quantitative estimate of drug-likeness (QED) is 0.905. The Morgan fingerprint density at radius 2 is 2.10 bits per heavy atom. The highest BCUT2D eigenvalue weighted by atomic mass is 35.5. The van der Waals surface area contributed by atoms with Crippen molar-refractivity contribution in [3.8, 4) is 0 Å². The molecular weight excluding hydrogens is 305 g/mol. The van der Waals surface area contributed by atoms with Crippen LogP contribution in [0.4, 0.5) is 10.1 Å². The molecular formula is C13H9ClFNO3S. The van der Waals surface area contributed by atoms with Crippen LogP contribution in [0.1, 0.15) is 25.6 Å². The predicted octanol–water partition coefficient (Wildman–Crippen LogP) is 3.80. The SMILES string of the molecule is Cc1csc(C(=O)O)c1NC(=O)c1ccc(Cl)c(F)c1. The molecule has 1 aromatic heterocycles. The summed E-state index contributed by atoms with van der Waals surface area (Å²) in [5.41, 5.74) is 0.923. The number of benzene rings is 1. The number of rotatable bonds is 3. The van der Waals surface area contributed by atoms with Crippen LogP contribution >= 0.6 is 22.9 Å². The first-order valence-electron chi connectivity index (χ1n) is 5.48. The van der Waals surface area contributed by atoms with Gasteiger partial charge in [0.05, 0.1) is 10.7 Å². The molecule has 7 heteroatoms. The Bertz CT molecular complexity index is 699. The third-order valence-corrected chi connectivity index (χ3v) is 3.98. The van der Waals surface area contributed by atoms with Gasteiger partial charge in [-0.3, -0.25) is 4.79 Å². The van der Waals surface area contributed by atoms with E-state index in [1.807, 2.05) is 0 Å². The summed E-state index contributed by atoms with van der Waals surface area (Å²) in [6, 6.07) is 3.63. The Kier molecular flexibility index (Phi) is 4.06. The summed E-state index contributed by atoms with van der Waals surface area (Å²) < 4.78 is 13.3. The summed E-state index contributed by atoms with van der Waals surface area (Å²) in [5.74, 6) is -2.43. The Balaban J connectivity index is 2.30. The number of hydrogen-bond acceptors (Lipinski definition) is 3. The first-order chi connectivity index (χ1) is 9.40. The van der Waals surface area contributed by atoms with E-state index in [0.29, 0.717) is 5.56 Å². The zero-order valence-corrected chi connectivity index (χ0v) is 11.8. The van der Waals surface area contributed by atoms with E-state index in [1.54, 1.807) is 12.3 Å². The lowest BCUT2D eigenvalue weighted by Gasteiger charge is -2.07. The third kappa shape index (κ3) is 2.81. The van der Waals surface area contributed by atoms with Gasteiger partial charge in [0, 0.05) is 5.56 Å². The molecule has 2 aromatic rings. The lowest BCUT2D eigenvalue weighted by Crippen LogP contribution is -2.14. The predicted molar refractivity (Wildman–Crippen MR) is 75.4 cm³/mol. The molecule has 0 unspecified atom stereocenters. The van der Waals surface area contributed by atoms with Crippen LogP contribution < -0.4 is 5.32 Å². The lowest BCUT2D eigenvalue weighted by molar-refractivity contribution is 0.0703. The van der Waals surface area contributed by atoms with Crippen LogP contribution in [0.15, 0.2) is 23.6 Å². The van der Waals surface area contributed by atoms with Crippen LogP contribution in [0.2, 0.25) is 5.02 Å². The molecule has 1 heterocycles. The van der Waals surface area contributed by atoms with Gasteiger partial charge >= 0.3 is 5.97 Å². The van der Waals surface area contributed by atoms with Gasteiger partial charge in [0.1, 0.15) is 10.7 Å². The fourth-order valence-corrected chi connectivity index (χ4v) is 2.54. The van der Waals surface area contributed by atoms with Crippen molar-refractivity contribution < 1.29 is 19.1 Å². The van der Waals surface area contributed by atoms with E-state index >= 15 is 0 Å². The molecule has 0 aliphatic carbocycles. The van der Waals surface area contributed by atoms with Crippen molar-refractivity contribution in [1.82, 2.24) is 0 Å². The largest absolute Gasteiger partial charge is 0.477 e. The number of hydrogen-bond donors (Lipinski definition) is 2. The smallest absolute Gasteiger partial charge is 0.348 e. The monoisotopic (exact) mass is 313 g/mol. The van der Waals surface area contributed by atoms with Crippen LogP contribution in [0.25, 0.3) is 0 Å². The second kappa shape index (κ2) is 5.60. The maximum atomic E-state index is 13.3. The third-order valence-electron chi connectivity index (χ3n) is 2.59. The van der Waals surface area contributed by atoms with Gasteiger partial charge in [-0.2, -0.15) is 0 Å². The molecule has 0 saturated carbocycles. The van der Waals surface area contributed by atoms with Gasteiger partial charge in [0.2, 0.25) is 0 Å². The summed E-state index contributed by atoms with van der Waals surface area (Å²) in [6.45, 7) is 1.68. The molecule has 1 aromatic carbocycles. The minimum absolute atomic E-state index is 0.0327. The summed E-state index contributed by atoms with van der Waals surface area (Å²) in [4.78, 5) is 23.1. The highest BCUT2D eigenvalue weighted by molar-refractivity contribution is 7.12. The minimum atomic E-state index is -1.12. The maximum absolute atomic E-state index is 13.3. The zero-order chi connectivity index (χ0) is 14.9. The molecule has 1 amide bonds. The first kappa shape index (κ1) is 14.5. The summed E-state index contributed by atoms with van der Waals surface area (Å²) in [5, 5.41) is 13.1. The van der Waals surface area contributed by atoms with Crippen molar-refractivity contribution >= 4 is 40.5 Å². The van der Waals surface area contributed by atoms with E-state index in [0.717, 1.165) is 17.4 Å². The Morgan fingerprint density at radius 3 is 2.70 bits per heavy atom. The Hall–Kier alpha value is -1.92. The van der Waals surface area contributed by atoms with E-state index in [2.05, 4.69) is 5.32 Å². The van der Waals surface area contributed by atoms with Crippen molar-refractivity contribution in [2.75, 3.05) is 5.32 Å². The number of carbonyl (C=O) groups is 2. The zero-order valence-electron chi connectivity index (χ0n) is 10.2. The summed E-state index contributed by atoms with van der Waals surface area (Å²) in [6.07, 6.45) is 0. The molecule has 0 aliphatic heterocycles. The summed E-state index contributed by atoms with van der Waals surface area (Å²) in [7, 11) is 0. The molecule has 4 nitrogen and oxygen atoms in total. The number of anilines is 1. The fraction of sp³-hybridized carbons (Fsp3) is 0.0769. The molecule has 0 spiro atoms. The Labute approximate surface area is 122 Å². The fourth-order valence-electron chi connectivity index (χ4n) is 1.58. The van der Waals surface area contributed by atoms with Gasteiger partial charge in [-0.05, 0) is 36.1 Å². The molecule has 0 fully saturated rings. The number of carboxylic acid groups (broad SMARTS) is 1. The van der Waals surface area contributed by atoms with Crippen molar-refractivity contribution in [3.05, 3.63) is 50.4 Å². The van der Waals surface area contributed by atoms with Crippen molar-refractivity contribution in [2.45, 2.75) is 6.92 Å². The van der Waals surface area contributed by atoms with Crippen molar-refractivity contribution in [2.24, 2.45) is 0 Å². The number of halogens is 2. The molecule has 0 radical (unpaired) electrons. The van der Waals surface area contributed by atoms with Gasteiger partial charge in [-0.25, -0.2) is 9.18 Å². The Morgan fingerprint density at radius 1 is 1.40 bits per heavy atom. The molecule has 104 valence electrons. The number of aromatic carboxylic acids is 1. The first-order valence-corrected chi connectivity index (χ1v) is 6.73. The van der Waals surface area contributed by atoms with Gasteiger partial charge < -0.3 is 10.4 Å². The highest BCUT2D eigenvalue weighted by Gasteiger charge is 2.18. The van der Waals surface area contributed by atoms with Gasteiger partial charge in [-0.15, -0.1) is 11.3 Å². The van der Waals surface area contributed by atoms with Crippen molar-refractivity contribution in [3.63, 3.8) is 0 Å². The van der Waals surface area contributed by atoms with Gasteiger partial charge in [0.25, 0.3) is 5.91 Å². The van der Waals surface area contributed by atoms with Crippen LogP contribution in [0, 0.1) is 12.7 Å². The number of nitrogens with one attached hydrogen (secondary N) is 1. The highest BCUT2D eigenvalue weighted by Crippen LogP contribution is 2.28. The van der Waals surface area contributed by atoms with E-state index in [4.69, 9.17) is 16.7 Å². The normalized spacial score (nSPS) is 10.3. The molecule has 2 N–H and O–H groups in total. The minimum Gasteiger partial charge on any atom is -0.477 e. The average molecular weight is 314 g/mol. The van der Waals surface area contributed by atoms with E-state index in [1.165, 1.54) is 12.1 Å². The lowest BCUT2D eigenvalue weighted by atomic mass is 10.2. The molecule has 0 atom stereocenters. The van der Waals surface area contributed by atoms with E-state index in [-0.39, 0.29) is 21.2 Å². The van der Waals surface area contributed by atoms with E-state index < -0.39 is 17.7 Å². The molecule has 2 rings (SSSR count). The van der Waals surface area contributed by atoms with Gasteiger partial charge in [-0.1, -0.05) is 11.6 Å². The maximum Gasteiger partial charge on any atom is 0.348 e. The second-order valence-electron chi connectivity index (χ2n) is 4.01. The van der Waals surface area contributed by atoms with Crippen LogP contribution in [-0.2, 0) is 0 Å².